The van der Waals surface area contributed by atoms with Gasteiger partial charge in [0.05, 0.1) is 0 Å². The molecule has 0 aliphatic carbocycles. The van der Waals surface area contributed by atoms with Gasteiger partial charge in [-0.1, -0.05) is 18.2 Å². The van der Waals surface area contributed by atoms with Crippen LogP contribution in [0.1, 0.15) is 22.3 Å². The molecule has 17 heavy (non-hydrogen) atoms. The molecule has 2 rings (SSSR count). The minimum Gasteiger partial charge on any atom is -0.357 e. The molecule has 0 radical (unpaired) electrons. The second-order valence-corrected chi connectivity index (χ2v) is 4.08. The molecule has 1 aromatic carbocycles. The van der Waals surface area contributed by atoms with E-state index in [0.29, 0.717) is 24.0 Å². The maximum Gasteiger partial charge on any atom is 0.164 e. The van der Waals surface area contributed by atoms with Gasteiger partial charge in [0.1, 0.15) is 5.82 Å². The van der Waals surface area contributed by atoms with Gasteiger partial charge in [-0.25, -0.2) is 4.39 Å². The molecule has 0 aliphatic heterocycles. The number of hydrogen-bond donors (Lipinski definition) is 0. The van der Waals surface area contributed by atoms with Gasteiger partial charge < -0.3 is 4.57 Å². The van der Waals surface area contributed by atoms with Gasteiger partial charge in [0.15, 0.2) is 5.78 Å². The number of nitrogens with zero attached hydrogens (tertiary/aromatic N) is 1. The van der Waals surface area contributed by atoms with Crippen LogP contribution < -0.4 is 0 Å². The van der Waals surface area contributed by atoms with Gasteiger partial charge in [0.2, 0.25) is 0 Å². The molecule has 0 saturated carbocycles. The summed E-state index contributed by atoms with van der Waals surface area (Å²) in [6, 6.07) is 8.35. The van der Waals surface area contributed by atoms with E-state index in [-0.39, 0.29) is 11.6 Å². The highest BCUT2D eigenvalue weighted by atomic mass is 19.1. The first-order chi connectivity index (χ1) is 8.16. The number of halogens is 1. The van der Waals surface area contributed by atoms with Crippen LogP contribution in [-0.4, -0.2) is 10.4 Å². The quantitative estimate of drug-likeness (QED) is 0.741. The zero-order valence-corrected chi connectivity index (χ0v) is 9.69. The molecule has 0 N–H and O–H groups in total. The van der Waals surface area contributed by atoms with Crippen molar-refractivity contribution in [1.82, 2.24) is 4.57 Å². The lowest BCUT2D eigenvalue weighted by Crippen LogP contribution is -2.01. The summed E-state index contributed by atoms with van der Waals surface area (Å²) in [7, 11) is 1.87. The van der Waals surface area contributed by atoms with Crippen LogP contribution in [0.2, 0.25) is 0 Å². The van der Waals surface area contributed by atoms with Crippen molar-refractivity contribution in [2.45, 2.75) is 12.8 Å². The second-order valence-electron chi connectivity index (χ2n) is 4.08. The molecule has 0 atom stereocenters. The van der Waals surface area contributed by atoms with E-state index in [1.165, 1.54) is 6.07 Å². The Bertz CT molecular complexity index is 531. The Labute approximate surface area is 99.7 Å². The smallest absolute Gasteiger partial charge is 0.164 e. The van der Waals surface area contributed by atoms with E-state index in [0.717, 1.165) is 0 Å². The van der Waals surface area contributed by atoms with Crippen molar-refractivity contribution < 1.29 is 9.18 Å². The monoisotopic (exact) mass is 231 g/mol. The lowest BCUT2D eigenvalue weighted by molar-refractivity contribution is 0.0982. The summed E-state index contributed by atoms with van der Waals surface area (Å²) in [6.45, 7) is 0. The number of rotatable bonds is 4. The van der Waals surface area contributed by atoms with Gasteiger partial charge in [0, 0.05) is 31.4 Å². The predicted octanol–water partition coefficient (Wildman–Crippen LogP) is 2.98. The predicted molar refractivity (Wildman–Crippen MR) is 64.5 cm³/mol. The van der Waals surface area contributed by atoms with Crippen molar-refractivity contribution in [3.05, 3.63) is 59.7 Å². The Morgan fingerprint density at radius 2 is 2.06 bits per heavy atom. The molecule has 2 nitrogen and oxygen atoms in total. The molecular weight excluding hydrogens is 217 g/mol. The fourth-order valence-corrected chi connectivity index (χ4v) is 1.76. The van der Waals surface area contributed by atoms with Gasteiger partial charge in [0.25, 0.3) is 0 Å². The summed E-state index contributed by atoms with van der Waals surface area (Å²) < 4.78 is 15.2. The highest BCUT2D eigenvalue weighted by molar-refractivity contribution is 5.96. The summed E-state index contributed by atoms with van der Waals surface area (Å²) in [5.41, 5.74) is 1.28. The molecule has 0 fully saturated rings. The van der Waals surface area contributed by atoms with E-state index in [9.17, 15) is 9.18 Å². The van der Waals surface area contributed by atoms with E-state index in [4.69, 9.17) is 0 Å². The van der Waals surface area contributed by atoms with E-state index < -0.39 is 0 Å². The van der Waals surface area contributed by atoms with Crippen LogP contribution in [0.5, 0.6) is 0 Å². The van der Waals surface area contributed by atoms with Crippen LogP contribution in [0.4, 0.5) is 4.39 Å². The molecule has 1 aromatic heterocycles. The lowest BCUT2D eigenvalue weighted by Gasteiger charge is -2.01. The van der Waals surface area contributed by atoms with E-state index in [1.54, 1.807) is 30.5 Å². The van der Waals surface area contributed by atoms with Crippen LogP contribution in [0.15, 0.2) is 42.7 Å². The third kappa shape index (κ3) is 2.81. The van der Waals surface area contributed by atoms with Gasteiger partial charge in [-0.3, -0.25) is 4.79 Å². The fraction of sp³-hybridized carbons (Fsp3) is 0.214. The average molecular weight is 231 g/mol. The summed E-state index contributed by atoms with van der Waals surface area (Å²) in [5, 5.41) is 0. The first-order valence-electron chi connectivity index (χ1n) is 5.55. The molecule has 1 heterocycles. The Hall–Kier alpha value is -1.90. The maximum absolute atomic E-state index is 13.3. The average Bonchev–Trinajstić information content (AvgIpc) is 2.74. The summed E-state index contributed by atoms with van der Waals surface area (Å²) in [5.74, 6) is -0.192. The van der Waals surface area contributed by atoms with E-state index in [2.05, 4.69) is 0 Å². The Balaban J connectivity index is 1.99. The minimum absolute atomic E-state index is 0.0499. The molecule has 2 aromatic rings. The molecular formula is C14H14FNO. The number of aromatic nitrogens is 1. The fourth-order valence-electron chi connectivity index (χ4n) is 1.76. The Morgan fingerprint density at radius 3 is 2.71 bits per heavy atom. The second kappa shape index (κ2) is 4.95. The van der Waals surface area contributed by atoms with Gasteiger partial charge in [-0.2, -0.15) is 0 Å². The standard InChI is InChI=1S/C14H14FNO/c1-16-9-8-12(10-16)14(17)7-6-11-4-2-3-5-13(11)15/h2-5,8-10H,6-7H2,1H3. The topological polar surface area (TPSA) is 22.0 Å². The minimum atomic E-state index is -0.242. The number of carbonyl (C=O) groups excluding carboxylic acids is 1. The normalized spacial score (nSPS) is 10.5. The Kier molecular flexibility index (Phi) is 3.38. The third-order valence-electron chi connectivity index (χ3n) is 2.73. The molecule has 88 valence electrons. The summed E-state index contributed by atoms with van der Waals surface area (Å²) in [6.07, 6.45) is 4.39. The first-order valence-corrected chi connectivity index (χ1v) is 5.55. The molecule has 0 unspecified atom stereocenters. The molecule has 0 amide bonds. The van der Waals surface area contributed by atoms with E-state index in [1.807, 2.05) is 17.8 Å². The Morgan fingerprint density at radius 1 is 1.29 bits per heavy atom. The summed E-state index contributed by atoms with van der Waals surface area (Å²) >= 11 is 0. The summed E-state index contributed by atoms with van der Waals surface area (Å²) in [4.78, 5) is 11.8. The number of carbonyl (C=O) groups is 1. The maximum atomic E-state index is 13.3. The van der Waals surface area contributed by atoms with Crippen LogP contribution in [0.3, 0.4) is 0 Å². The van der Waals surface area contributed by atoms with Gasteiger partial charge >= 0.3 is 0 Å². The number of Topliss-reactive ketones (excluding diaryl/α,β-unsaturated/α-hetero) is 1. The lowest BCUT2D eigenvalue weighted by atomic mass is 10.0. The molecule has 0 bridgehead atoms. The zero-order chi connectivity index (χ0) is 12.3. The largest absolute Gasteiger partial charge is 0.357 e. The van der Waals surface area contributed by atoms with Crippen LogP contribution in [0, 0.1) is 5.82 Å². The first kappa shape index (κ1) is 11.6. The zero-order valence-electron chi connectivity index (χ0n) is 9.69. The highest BCUT2D eigenvalue weighted by Gasteiger charge is 2.08. The van der Waals surface area contributed by atoms with Crippen LogP contribution in [-0.2, 0) is 13.5 Å². The molecule has 0 saturated heterocycles. The van der Waals surface area contributed by atoms with E-state index >= 15 is 0 Å². The van der Waals surface area contributed by atoms with Crippen molar-refractivity contribution in [3.63, 3.8) is 0 Å². The SMILES string of the molecule is Cn1ccc(C(=O)CCc2ccccc2F)c1. The number of benzene rings is 1. The highest BCUT2D eigenvalue weighted by Crippen LogP contribution is 2.11. The van der Waals surface area contributed by atoms with Crippen molar-refractivity contribution >= 4 is 5.78 Å². The third-order valence-corrected chi connectivity index (χ3v) is 2.73. The molecule has 3 heteroatoms. The van der Waals surface area contributed by atoms with Crippen LogP contribution >= 0.6 is 0 Å². The van der Waals surface area contributed by atoms with Crippen LogP contribution in [0.25, 0.3) is 0 Å². The number of ketones is 1. The van der Waals surface area contributed by atoms with Crippen molar-refractivity contribution in [1.29, 1.82) is 0 Å². The molecule has 0 spiro atoms. The number of aryl methyl sites for hydroxylation is 2. The van der Waals surface area contributed by atoms with Gasteiger partial charge in [-0.15, -0.1) is 0 Å². The van der Waals surface area contributed by atoms with Crippen molar-refractivity contribution in [2.75, 3.05) is 0 Å². The van der Waals surface area contributed by atoms with Gasteiger partial charge in [-0.05, 0) is 24.1 Å². The van der Waals surface area contributed by atoms with Crippen molar-refractivity contribution in [2.24, 2.45) is 7.05 Å². The number of hydrogen-bond acceptors (Lipinski definition) is 1. The van der Waals surface area contributed by atoms with Crippen molar-refractivity contribution in [3.8, 4) is 0 Å². The molecule has 0 aliphatic rings.